The van der Waals surface area contributed by atoms with Gasteiger partial charge >= 0.3 is 0 Å². The summed E-state index contributed by atoms with van der Waals surface area (Å²) in [6, 6.07) is 0. The molecule has 0 saturated heterocycles. The summed E-state index contributed by atoms with van der Waals surface area (Å²) in [6.45, 7) is 3.61. The molecule has 1 unspecified atom stereocenters. The van der Waals surface area contributed by atoms with Crippen molar-refractivity contribution in [2.24, 2.45) is 5.41 Å². The molecule has 84 valence electrons. The molecule has 0 aromatic carbocycles. The highest BCUT2D eigenvalue weighted by atomic mass is 35.6. The molecule has 0 aromatic rings. The maximum Gasteiger partial charge on any atom is 0.222 e. The van der Waals surface area contributed by atoms with Crippen LogP contribution in [-0.4, -0.2) is 14.4 Å². The first-order valence-corrected chi connectivity index (χ1v) is 5.88. The maximum absolute atomic E-state index is 10.7. The Morgan fingerprint density at radius 1 is 1.29 bits per heavy atom. The van der Waals surface area contributed by atoms with E-state index in [1.54, 1.807) is 13.8 Å². The van der Waals surface area contributed by atoms with Crippen molar-refractivity contribution in [3.05, 3.63) is 0 Å². The monoisotopic (exact) mass is 298 g/mol. The lowest BCUT2D eigenvalue weighted by Gasteiger charge is -2.30. The number of rotatable bonds is 4. The molecule has 1 atom stereocenters. The Morgan fingerprint density at radius 2 is 1.71 bits per heavy atom. The minimum absolute atomic E-state index is 0.156. The van der Waals surface area contributed by atoms with Gasteiger partial charge in [0.2, 0.25) is 5.24 Å². The second-order valence-corrected chi connectivity index (χ2v) is 7.27. The molecule has 0 aliphatic heterocycles. The molecule has 0 radical (unpaired) electrons. The molecule has 0 aliphatic rings. The molecule has 0 bridgehead atoms. The van der Waals surface area contributed by atoms with Crippen molar-refractivity contribution in [2.75, 3.05) is 0 Å². The van der Waals surface area contributed by atoms with Gasteiger partial charge in [0.25, 0.3) is 0 Å². The van der Waals surface area contributed by atoms with E-state index in [-0.39, 0.29) is 12.8 Å². The van der Waals surface area contributed by atoms with Gasteiger partial charge in [-0.05, 0) is 17.0 Å². The molecule has 0 amide bonds. The Morgan fingerprint density at radius 3 is 2.00 bits per heavy atom. The van der Waals surface area contributed by atoms with Crippen molar-refractivity contribution in [1.29, 1.82) is 0 Å². The highest BCUT2D eigenvalue weighted by Gasteiger charge is 2.35. The fourth-order valence-corrected chi connectivity index (χ4v) is 2.30. The Bertz CT molecular complexity index is 208. The van der Waals surface area contributed by atoms with Gasteiger partial charge in [0, 0.05) is 18.2 Å². The zero-order valence-corrected chi connectivity index (χ0v) is 11.6. The predicted octanol–water partition coefficient (Wildman–Crippen LogP) is 4.54. The number of carbonyl (C=O) groups is 1. The summed E-state index contributed by atoms with van der Waals surface area (Å²) < 4.78 is -1.40. The van der Waals surface area contributed by atoms with E-state index < -0.39 is 19.8 Å². The van der Waals surface area contributed by atoms with Gasteiger partial charge in [-0.2, -0.15) is 0 Å². The average Bonchev–Trinajstić information content (AvgIpc) is 1.79. The van der Waals surface area contributed by atoms with E-state index in [9.17, 15) is 4.79 Å². The van der Waals surface area contributed by atoms with Crippen molar-refractivity contribution in [3.8, 4) is 0 Å². The molecular formula is C8H11Cl5O. The second-order valence-electron chi connectivity index (χ2n) is 3.81. The van der Waals surface area contributed by atoms with Gasteiger partial charge in [-0.25, -0.2) is 0 Å². The summed E-state index contributed by atoms with van der Waals surface area (Å²) in [5.74, 6) is 0. The molecule has 0 aromatic heterocycles. The van der Waals surface area contributed by atoms with Crippen LogP contribution in [0, 0.1) is 5.41 Å². The first-order chi connectivity index (χ1) is 6.04. The second kappa shape index (κ2) is 5.45. The zero-order valence-electron chi connectivity index (χ0n) is 7.79. The molecule has 0 aliphatic carbocycles. The molecule has 0 saturated carbocycles. The van der Waals surface area contributed by atoms with Gasteiger partial charge in [0.05, 0.1) is 0 Å². The molecule has 1 nitrogen and oxygen atoms in total. The van der Waals surface area contributed by atoms with Gasteiger partial charge in [0.1, 0.15) is 0 Å². The lowest BCUT2D eigenvalue weighted by atomic mass is 9.84. The summed E-state index contributed by atoms with van der Waals surface area (Å²) in [7, 11) is 0. The van der Waals surface area contributed by atoms with Crippen LogP contribution >= 0.6 is 58.0 Å². The number of halogens is 5. The zero-order chi connectivity index (χ0) is 11.6. The Hall–Kier alpha value is 1.12. The minimum atomic E-state index is -1.40. The quantitative estimate of drug-likeness (QED) is 0.550. The standard InChI is InChI=1S/C8H11Cl5O/c1-7(2,4-6(10)14)5(9)3-8(11,12)13/h5H,3-4H2,1-2H3. The van der Waals surface area contributed by atoms with Crippen molar-refractivity contribution in [2.45, 2.75) is 35.9 Å². The van der Waals surface area contributed by atoms with Crippen LogP contribution in [0.3, 0.4) is 0 Å². The van der Waals surface area contributed by atoms with Crippen LogP contribution < -0.4 is 0 Å². The summed E-state index contributed by atoms with van der Waals surface area (Å²) in [4.78, 5) is 10.7. The van der Waals surface area contributed by atoms with Gasteiger partial charge in [-0.1, -0.05) is 48.7 Å². The SMILES string of the molecule is CC(C)(CC(=O)Cl)C(Cl)CC(Cl)(Cl)Cl. The van der Waals surface area contributed by atoms with E-state index in [1.807, 2.05) is 0 Å². The summed E-state index contributed by atoms with van der Waals surface area (Å²) >= 11 is 28.1. The molecule has 0 heterocycles. The Labute approximate surface area is 109 Å². The van der Waals surface area contributed by atoms with Gasteiger partial charge in [-0.15, -0.1) is 11.6 Å². The van der Waals surface area contributed by atoms with E-state index in [4.69, 9.17) is 58.0 Å². The third-order valence-corrected chi connectivity index (χ3v) is 3.19. The highest BCUT2D eigenvalue weighted by molar-refractivity contribution is 6.67. The Kier molecular flexibility index (Phi) is 5.88. The van der Waals surface area contributed by atoms with Crippen LogP contribution in [0.5, 0.6) is 0 Å². The highest BCUT2D eigenvalue weighted by Crippen LogP contribution is 2.40. The van der Waals surface area contributed by atoms with Gasteiger partial charge in [-0.3, -0.25) is 4.79 Å². The van der Waals surface area contributed by atoms with Crippen LogP contribution in [0.2, 0.25) is 0 Å². The number of carbonyl (C=O) groups excluding carboxylic acids is 1. The fourth-order valence-electron chi connectivity index (χ4n) is 0.948. The van der Waals surface area contributed by atoms with Crippen LogP contribution in [0.4, 0.5) is 0 Å². The van der Waals surface area contributed by atoms with E-state index in [2.05, 4.69) is 0 Å². The first-order valence-electron chi connectivity index (χ1n) is 3.94. The van der Waals surface area contributed by atoms with Crippen molar-refractivity contribution >= 4 is 63.2 Å². The first kappa shape index (κ1) is 15.1. The third-order valence-electron chi connectivity index (χ3n) is 1.85. The van der Waals surface area contributed by atoms with Crippen LogP contribution in [-0.2, 0) is 4.79 Å². The van der Waals surface area contributed by atoms with E-state index in [1.165, 1.54) is 0 Å². The van der Waals surface area contributed by atoms with E-state index in [0.29, 0.717) is 0 Å². The van der Waals surface area contributed by atoms with Gasteiger partial charge in [0.15, 0.2) is 3.79 Å². The van der Waals surface area contributed by atoms with Crippen LogP contribution in [0.15, 0.2) is 0 Å². The normalized spacial score (nSPS) is 15.4. The third kappa shape index (κ3) is 6.58. The molecular weight excluding hydrogens is 289 g/mol. The lowest BCUT2D eigenvalue weighted by Crippen LogP contribution is -2.30. The lowest BCUT2D eigenvalue weighted by molar-refractivity contribution is -0.113. The smallest absolute Gasteiger partial charge is 0.222 e. The van der Waals surface area contributed by atoms with E-state index in [0.717, 1.165) is 0 Å². The van der Waals surface area contributed by atoms with Crippen molar-refractivity contribution in [1.82, 2.24) is 0 Å². The number of hydrogen-bond acceptors (Lipinski definition) is 1. The maximum atomic E-state index is 10.7. The molecule has 0 spiro atoms. The topological polar surface area (TPSA) is 17.1 Å². The van der Waals surface area contributed by atoms with Gasteiger partial charge < -0.3 is 0 Å². The molecule has 14 heavy (non-hydrogen) atoms. The Balaban J connectivity index is 4.35. The van der Waals surface area contributed by atoms with E-state index >= 15 is 0 Å². The molecule has 0 rings (SSSR count). The van der Waals surface area contributed by atoms with Crippen molar-refractivity contribution < 1.29 is 4.79 Å². The predicted molar refractivity (Wildman–Crippen MR) is 63.8 cm³/mol. The fraction of sp³-hybridized carbons (Fsp3) is 0.875. The summed E-state index contributed by atoms with van der Waals surface area (Å²) in [5.41, 5.74) is -0.482. The summed E-state index contributed by atoms with van der Waals surface area (Å²) in [5, 5.41) is -0.859. The van der Waals surface area contributed by atoms with Crippen molar-refractivity contribution in [3.63, 3.8) is 0 Å². The molecule has 0 N–H and O–H groups in total. The van der Waals surface area contributed by atoms with Crippen LogP contribution in [0.1, 0.15) is 26.7 Å². The average molecular weight is 300 g/mol. The minimum Gasteiger partial charge on any atom is -0.281 e. The number of hydrogen-bond donors (Lipinski definition) is 0. The molecule has 0 fully saturated rings. The molecule has 6 heteroatoms. The largest absolute Gasteiger partial charge is 0.281 e. The number of alkyl halides is 4. The van der Waals surface area contributed by atoms with Crippen LogP contribution in [0.25, 0.3) is 0 Å². The summed E-state index contributed by atoms with van der Waals surface area (Å²) in [6.07, 6.45) is 0.333.